The first kappa shape index (κ1) is 33.9. The molecule has 0 radical (unpaired) electrons. The van der Waals surface area contributed by atoms with Crippen molar-refractivity contribution in [3.8, 4) is 0 Å². The third-order valence-electron chi connectivity index (χ3n) is 7.43. The smallest absolute Gasteiger partial charge is 0.404 e. The van der Waals surface area contributed by atoms with E-state index in [-0.39, 0.29) is 24.8 Å². The Bertz CT molecular complexity index is 1030. The van der Waals surface area contributed by atoms with E-state index in [9.17, 15) is 38.1 Å². The Kier molecular flexibility index (Phi) is 12.3. The lowest BCUT2D eigenvalue weighted by molar-refractivity contribution is -0.224. The van der Waals surface area contributed by atoms with Gasteiger partial charge in [0, 0.05) is 12.1 Å². The third-order valence-corrected chi connectivity index (χ3v) is 7.43. The van der Waals surface area contributed by atoms with Crippen LogP contribution in [0.3, 0.4) is 0 Å². The first-order valence-electron chi connectivity index (χ1n) is 14.1. The van der Waals surface area contributed by atoms with Gasteiger partial charge in [-0.1, -0.05) is 33.1 Å². The molecule has 12 nitrogen and oxygen atoms in total. The number of nitrogens with zero attached hydrogens (tertiary/aromatic N) is 2. The van der Waals surface area contributed by atoms with Crippen molar-refractivity contribution < 1.29 is 52.3 Å². The molecule has 5 N–H and O–H groups in total. The summed E-state index contributed by atoms with van der Waals surface area (Å²) in [7, 11) is 0. The lowest BCUT2D eigenvalue weighted by atomic mass is 9.82. The molecule has 0 spiro atoms. The number of carbonyl (C=O) groups excluding carboxylic acids is 2. The number of amides is 1. The topological polar surface area (TPSA) is 163 Å². The third kappa shape index (κ3) is 8.97. The summed E-state index contributed by atoms with van der Waals surface area (Å²) in [5.74, 6) is -3.35. The van der Waals surface area contributed by atoms with Crippen molar-refractivity contribution in [3.63, 3.8) is 0 Å². The Morgan fingerprint density at radius 3 is 2.48 bits per heavy atom. The molecule has 1 aliphatic heterocycles. The van der Waals surface area contributed by atoms with Crippen molar-refractivity contribution in [2.24, 2.45) is 17.8 Å². The fraction of sp³-hybridized carbons (Fsp3) is 0.741. The molecule has 1 aromatic rings. The second kappa shape index (κ2) is 15.3. The van der Waals surface area contributed by atoms with Crippen LogP contribution >= 0.6 is 0 Å². The van der Waals surface area contributed by atoms with Crippen molar-refractivity contribution in [2.75, 3.05) is 18.7 Å². The van der Waals surface area contributed by atoms with Crippen molar-refractivity contribution in [3.05, 3.63) is 23.9 Å². The molecule has 1 aromatic heterocycles. The molecule has 1 saturated carbocycles. The number of hydrogen-bond acceptors (Lipinski definition) is 11. The maximum atomic E-state index is 13.9. The first-order chi connectivity index (χ1) is 19.8. The van der Waals surface area contributed by atoms with Gasteiger partial charge in [0.15, 0.2) is 19.4 Å². The number of hydrogen-bond donors (Lipinski definition) is 5. The van der Waals surface area contributed by atoms with Crippen LogP contribution in [-0.4, -0.2) is 87.8 Å². The van der Waals surface area contributed by atoms with Gasteiger partial charge in [-0.2, -0.15) is 13.2 Å². The van der Waals surface area contributed by atoms with E-state index in [1.54, 1.807) is 26.8 Å². The van der Waals surface area contributed by atoms with Crippen LogP contribution in [0.15, 0.2) is 18.3 Å². The molecule has 238 valence electrons. The maximum Gasteiger partial charge on any atom is 0.404 e. The number of nitrogens with one attached hydrogen (secondary N) is 2. The number of anilines is 1. The molecule has 1 aliphatic carbocycles. The summed E-state index contributed by atoms with van der Waals surface area (Å²) >= 11 is 0. The van der Waals surface area contributed by atoms with Crippen LogP contribution in [0, 0.1) is 17.8 Å². The number of aromatic nitrogens is 1. The number of halogens is 3. The fourth-order valence-corrected chi connectivity index (χ4v) is 5.23. The number of carbonyl (C=O) groups is 2. The van der Waals surface area contributed by atoms with Crippen molar-refractivity contribution in [2.45, 2.75) is 96.6 Å². The van der Waals surface area contributed by atoms with E-state index in [1.807, 2.05) is 0 Å². The highest BCUT2D eigenvalue weighted by Gasteiger charge is 2.56. The highest BCUT2D eigenvalue weighted by molar-refractivity contribution is 5.97. The zero-order valence-corrected chi connectivity index (χ0v) is 23.9. The molecule has 2 heterocycles. The van der Waals surface area contributed by atoms with E-state index in [2.05, 4.69) is 15.6 Å². The Morgan fingerprint density at radius 2 is 1.86 bits per heavy atom. The monoisotopic (exact) mass is 606 g/mol. The van der Waals surface area contributed by atoms with E-state index < -0.39 is 67.8 Å². The summed E-state index contributed by atoms with van der Waals surface area (Å²) in [6.45, 7) is 4.59. The molecule has 1 saturated heterocycles. The predicted octanol–water partition coefficient (Wildman–Crippen LogP) is 2.04. The summed E-state index contributed by atoms with van der Waals surface area (Å²) in [4.78, 5) is 30.7. The van der Waals surface area contributed by atoms with Gasteiger partial charge in [-0.05, 0) is 49.8 Å². The Labute approximate surface area is 242 Å². The maximum absolute atomic E-state index is 13.9. The van der Waals surface area contributed by atoms with Gasteiger partial charge in [0.1, 0.15) is 17.9 Å². The average molecular weight is 607 g/mol. The van der Waals surface area contributed by atoms with Gasteiger partial charge in [-0.3, -0.25) is 15.0 Å². The predicted molar refractivity (Wildman–Crippen MR) is 142 cm³/mol. The number of pyridine rings is 1. The van der Waals surface area contributed by atoms with Crippen molar-refractivity contribution >= 4 is 17.7 Å². The molecule has 0 aromatic carbocycles. The van der Waals surface area contributed by atoms with Gasteiger partial charge in [0.25, 0.3) is 0 Å². The molecule has 42 heavy (non-hydrogen) atoms. The molecular weight excluding hydrogens is 565 g/mol. The molecule has 6 unspecified atom stereocenters. The minimum atomic E-state index is -4.66. The lowest BCUT2D eigenvalue weighted by Gasteiger charge is -2.48. The first-order valence-corrected chi connectivity index (χ1v) is 14.1. The number of aliphatic hydroxyl groups excluding tert-OH is 3. The van der Waals surface area contributed by atoms with Gasteiger partial charge < -0.3 is 34.8 Å². The summed E-state index contributed by atoms with van der Waals surface area (Å²) < 4.78 is 56.9. The van der Waals surface area contributed by atoms with Gasteiger partial charge in [0.05, 0.1) is 12.5 Å². The van der Waals surface area contributed by atoms with Gasteiger partial charge in [-0.25, -0.2) is 9.78 Å². The Morgan fingerprint density at radius 1 is 1.17 bits per heavy atom. The fourth-order valence-electron chi connectivity index (χ4n) is 5.23. The summed E-state index contributed by atoms with van der Waals surface area (Å²) in [6, 6.07) is -0.297. The van der Waals surface area contributed by atoms with Crippen LogP contribution in [0.1, 0.15) is 58.4 Å². The average Bonchev–Trinajstić information content (AvgIpc) is 2.93. The molecule has 6 atom stereocenters. The minimum absolute atomic E-state index is 0.0191. The summed E-state index contributed by atoms with van der Waals surface area (Å²) in [5.41, 5.74) is 0.510. The van der Waals surface area contributed by atoms with E-state index in [0.717, 1.165) is 6.42 Å². The number of rotatable bonds is 15. The van der Waals surface area contributed by atoms with E-state index in [4.69, 9.17) is 14.2 Å². The van der Waals surface area contributed by atoms with Gasteiger partial charge in [0.2, 0.25) is 12.3 Å². The van der Waals surface area contributed by atoms with Crippen LogP contribution < -0.4 is 10.6 Å². The Hall–Kier alpha value is -2.56. The SMILES string of the molecule is CCOC(=O)C1C(Cc2ccnc(NC(O)OCOC(O)C(C)C)c2)C(=O)N1C(O)NC(C1CCCCC1)C(F)(F)F. The molecule has 1 amide bonds. The second-order valence-corrected chi connectivity index (χ2v) is 10.8. The van der Waals surface area contributed by atoms with Gasteiger partial charge in [-0.15, -0.1) is 0 Å². The highest BCUT2D eigenvalue weighted by Crippen LogP contribution is 2.37. The largest absolute Gasteiger partial charge is 0.464 e. The van der Waals surface area contributed by atoms with Gasteiger partial charge >= 0.3 is 12.1 Å². The number of ether oxygens (including phenoxy) is 3. The lowest BCUT2D eigenvalue weighted by Crippen LogP contribution is -2.72. The molecule has 2 fully saturated rings. The van der Waals surface area contributed by atoms with Crippen LogP contribution in [0.25, 0.3) is 0 Å². The van der Waals surface area contributed by atoms with E-state index >= 15 is 0 Å². The number of alkyl halides is 3. The number of aliphatic hydroxyl groups is 3. The van der Waals surface area contributed by atoms with Crippen molar-refractivity contribution in [1.29, 1.82) is 0 Å². The second-order valence-electron chi connectivity index (χ2n) is 10.8. The molecular formula is C27H41F3N4O8. The van der Waals surface area contributed by atoms with Crippen LogP contribution in [0.5, 0.6) is 0 Å². The molecule has 2 aliphatic rings. The zero-order valence-electron chi connectivity index (χ0n) is 23.9. The normalized spacial score (nSPS) is 22.8. The van der Waals surface area contributed by atoms with Crippen LogP contribution in [0.2, 0.25) is 0 Å². The molecule has 15 heteroatoms. The minimum Gasteiger partial charge on any atom is -0.464 e. The van der Waals surface area contributed by atoms with E-state index in [1.165, 1.54) is 12.3 Å². The van der Waals surface area contributed by atoms with E-state index in [0.29, 0.717) is 36.1 Å². The number of esters is 1. The summed E-state index contributed by atoms with van der Waals surface area (Å²) in [5, 5.41) is 35.2. The van der Waals surface area contributed by atoms with Crippen molar-refractivity contribution in [1.82, 2.24) is 15.2 Å². The zero-order chi connectivity index (χ0) is 31.0. The summed E-state index contributed by atoms with van der Waals surface area (Å²) in [6.07, 6.45) is -5.15. The Balaban J connectivity index is 1.67. The van der Waals surface area contributed by atoms with Crippen LogP contribution in [-0.2, 0) is 30.2 Å². The quantitative estimate of drug-likeness (QED) is 0.113. The molecule has 3 rings (SSSR count). The standard InChI is InChI=1S/C27H41F3N4O8/c1-4-40-24(37)20-18(12-16-10-11-31-19(13-16)32-26(39)42-14-41-23(36)15(2)3)22(35)34(20)25(38)33-21(27(28,29)30)17-8-6-5-7-9-17/h10-11,13,15,17-18,20-21,23,25-26,33,36,38-39H,4-9,12,14H2,1-3H3,(H,31,32). The molecule has 0 bridgehead atoms. The van der Waals surface area contributed by atoms with Crippen LogP contribution in [0.4, 0.5) is 19.0 Å². The highest BCUT2D eigenvalue weighted by atomic mass is 19.4. The number of β-lactam (4-membered cyclic amide) rings is 1. The number of likely N-dealkylation sites (tertiary alicyclic amines) is 1.